The van der Waals surface area contributed by atoms with Crippen LogP contribution in [0.2, 0.25) is 5.02 Å². The lowest BCUT2D eigenvalue weighted by Crippen LogP contribution is -2.34. The summed E-state index contributed by atoms with van der Waals surface area (Å²) in [6.45, 7) is 2.98. The summed E-state index contributed by atoms with van der Waals surface area (Å²) in [5, 5.41) is 6.09. The number of fused-ring (bicyclic) bond motifs is 1. The van der Waals surface area contributed by atoms with Crippen molar-refractivity contribution in [2.45, 2.75) is 19.4 Å². The van der Waals surface area contributed by atoms with Crippen LogP contribution in [-0.2, 0) is 20.7 Å². The molecule has 3 aromatic carbocycles. The molecule has 1 atom stereocenters. The third-order valence-electron chi connectivity index (χ3n) is 5.44. The first kappa shape index (κ1) is 23.5. The number of nitrogens with one attached hydrogen (secondary N) is 2. The van der Waals surface area contributed by atoms with Gasteiger partial charge in [0.25, 0.3) is 5.91 Å². The van der Waals surface area contributed by atoms with Gasteiger partial charge in [0.15, 0.2) is 0 Å². The first-order valence-electron chi connectivity index (χ1n) is 11.0. The third kappa shape index (κ3) is 5.65. The van der Waals surface area contributed by atoms with E-state index in [0.29, 0.717) is 48.1 Å². The van der Waals surface area contributed by atoms with E-state index in [4.69, 9.17) is 21.1 Å². The van der Waals surface area contributed by atoms with E-state index in [1.807, 2.05) is 67.6 Å². The van der Waals surface area contributed by atoms with Gasteiger partial charge >= 0.3 is 0 Å². The van der Waals surface area contributed by atoms with Gasteiger partial charge in [-0.3, -0.25) is 9.59 Å². The highest BCUT2D eigenvalue weighted by atomic mass is 35.5. The van der Waals surface area contributed by atoms with Crippen LogP contribution in [0, 0.1) is 0 Å². The molecule has 2 N–H and O–H groups in total. The molecule has 0 aromatic heterocycles. The molecule has 0 bridgehead atoms. The van der Waals surface area contributed by atoms with Crippen LogP contribution in [0.3, 0.4) is 0 Å². The van der Waals surface area contributed by atoms with Crippen LogP contribution in [0.5, 0.6) is 11.5 Å². The molecule has 1 aliphatic rings. The van der Waals surface area contributed by atoms with E-state index in [0.717, 1.165) is 22.4 Å². The molecule has 7 heteroatoms. The predicted octanol–water partition coefficient (Wildman–Crippen LogP) is 5.32. The molecule has 6 nitrogen and oxygen atoms in total. The molecule has 0 saturated heterocycles. The molecule has 0 radical (unpaired) electrons. The minimum atomic E-state index is -0.135. The zero-order chi connectivity index (χ0) is 23.9. The molecular formula is C27H25ClN2O4. The first-order valence-corrected chi connectivity index (χ1v) is 11.4. The number of anilines is 1. The molecular weight excluding hydrogens is 452 g/mol. The maximum atomic E-state index is 12.3. The number of ether oxygens (including phenoxy) is 2. The van der Waals surface area contributed by atoms with Crippen LogP contribution in [0.25, 0.3) is 11.6 Å². The summed E-state index contributed by atoms with van der Waals surface area (Å²) in [6.07, 6.45) is 3.16. The number of hydrogen-bond donors (Lipinski definition) is 2. The minimum Gasteiger partial charge on any atom is -0.456 e. The summed E-state index contributed by atoms with van der Waals surface area (Å²) in [6, 6.07) is 20.5. The molecule has 0 fully saturated rings. The van der Waals surface area contributed by atoms with Gasteiger partial charge in [-0.05, 0) is 60.9 Å². The zero-order valence-corrected chi connectivity index (χ0v) is 19.5. The van der Waals surface area contributed by atoms with Gasteiger partial charge in [0.1, 0.15) is 11.5 Å². The number of amides is 2. The fraction of sp³-hybridized carbons (Fsp3) is 0.185. The van der Waals surface area contributed by atoms with E-state index in [1.165, 1.54) is 0 Å². The highest BCUT2D eigenvalue weighted by Gasteiger charge is 2.23. The second kappa shape index (κ2) is 11.0. The molecule has 1 unspecified atom stereocenters. The van der Waals surface area contributed by atoms with E-state index in [1.54, 1.807) is 12.1 Å². The molecule has 174 valence electrons. The van der Waals surface area contributed by atoms with Crippen molar-refractivity contribution >= 4 is 41.3 Å². The van der Waals surface area contributed by atoms with Crippen molar-refractivity contribution in [2.24, 2.45) is 0 Å². The number of para-hydroxylation sites is 1. The van der Waals surface area contributed by atoms with E-state index < -0.39 is 0 Å². The van der Waals surface area contributed by atoms with E-state index in [2.05, 4.69) is 10.6 Å². The van der Waals surface area contributed by atoms with Crippen LogP contribution in [0.4, 0.5) is 5.69 Å². The topological polar surface area (TPSA) is 76.7 Å². The second-order valence-electron chi connectivity index (χ2n) is 7.84. The van der Waals surface area contributed by atoms with Crippen LogP contribution in [0.15, 0.2) is 66.7 Å². The Labute approximate surface area is 203 Å². The molecule has 34 heavy (non-hydrogen) atoms. The van der Waals surface area contributed by atoms with Crippen molar-refractivity contribution in [3.05, 3.63) is 88.4 Å². The molecule has 0 saturated carbocycles. The minimum absolute atomic E-state index is 0.0887. The van der Waals surface area contributed by atoms with Gasteiger partial charge < -0.3 is 20.1 Å². The monoisotopic (exact) mass is 476 g/mol. The molecule has 2 amide bonds. The van der Waals surface area contributed by atoms with Crippen LogP contribution in [-0.4, -0.2) is 31.6 Å². The standard InChI is InChI=1S/C27H25ClN2O4/c1-2-33-16-20(29-17-31)13-18-7-10-21(11-8-18)34-26-12-9-19(15-24(26)28)14-23-22-5-3-4-6-25(22)30-27(23)32/h3-12,14-15,17,20H,2,13,16H2,1H3,(H,29,31)(H,30,32)/b23-14+. The summed E-state index contributed by atoms with van der Waals surface area (Å²) in [5.41, 5.74) is 4.13. The Balaban J connectivity index is 1.44. The Morgan fingerprint density at radius 3 is 2.62 bits per heavy atom. The van der Waals surface area contributed by atoms with Gasteiger partial charge in [0.2, 0.25) is 6.41 Å². The summed E-state index contributed by atoms with van der Waals surface area (Å²) in [4.78, 5) is 23.2. The van der Waals surface area contributed by atoms with E-state index in [9.17, 15) is 9.59 Å². The molecule has 0 spiro atoms. The molecule has 4 rings (SSSR count). The number of carbonyl (C=O) groups excluding carboxylic acids is 2. The maximum absolute atomic E-state index is 12.3. The molecule has 1 aliphatic heterocycles. The number of rotatable bonds is 10. The summed E-state index contributed by atoms with van der Waals surface area (Å²) >= 11 is 6.47. The number of carbonyl (C=O) groups is 2. The Morgan fingerprint density at radius 2 is 1.88 bits per heavy atom. The van der Waals surface area contributed by atoms with Gasteiger partial charge in [-0.2, -0.15) is 0 Å². The highest BCUT2D eigenvalue weighted by molar-refractivity contribution is 6.35. The van der Waals surface area contributed by atoms with Gasteiger partial charge in [-0.15, -0.1) is 0 Å². The summed E-state index contributed by atoms with van der Waals surface area (Å²) in [7, 11) is 0. The fourth-order valence-electron chi connectivity index (χ4n) is 3.77. The Kier molecular flexibility index (Phi) is 7.62. The van der Waals surface area contributed by atoms with E-state index >= 15 is 0 Å². The Morgan fingerprint density at radius 1 is 1.09 bits per heavy atom. The van der Waals surface area contributed by atoms with Crippen LogP contribution < -0.4 is 15.4 Å². The van der Waals surface area contributed by atoms with Crippen LogP contribution in [0.1, 0.15) is 23.6 Å². The van der Waals surface area contributed by atoms with Crippen molar-refractivity contribution < 1.29 is 19.1 Å². The largest absolute Gasteiger partial charge is 0.456 e. The average Bonchev–Trinajstić information content (AvgIpc) is 3.15. The normalized spacial score (nSPS) is 14.4. The quantitative estimate of drug-likeness (QED) is 0.307. The lowest BCUT2D eigenvalue weighted by molar-refractivity contribution is -0.111. The first-order chi connectivity index (χ1) is 16.6. The van der Waals surface area contributed by atoms with Crippen LogP contribution >= 0.6 is 11.6 Å². The number of hydrogen-bond acceptors (Lipinski definition) is 4. The number of halogens is 1. The van der Waals surface area contributed by atoms with Crippen molar-refractivity contribution in [2.75, 3.05) is 18.5 Å². The van der Waals surface area contributed by atoms with Gasteiger partial charge in [0, 0.05) is 23.4 Å². The molecule has 3 aromatic rings. The fourth-order valence-corrected chi connectivity index (χ4v) is 3.99. The summed E-state index contributed by atoms with van der Waals surface area (Å²) < 4.78 is 11.4. The average molecular weight is 477 g/mol. The smallest absolute Gasteiger partial charge is 0.256 e. The second-order valence-corrected chi connectivity index (χ2v) is 8.25. The predicted molar refractivity (Wildman–Crippen MR) is 134 cm³/mol. The summed E-state index contributed by atoms with van der Waals surface area (Å²) in [5.74, 6) is 1.03. The molecule has 1 heterocycles. The SMILES string of the molecule is CCOCC(Cc1ccc(Oc2ccc(/C=C3/C(=O)Nc4ccccc43)cc2Cl)cc1)NC=O. The third-order valence-corrected chi connectivity index (χ3v) is 5.73. The van der Waals surface area contributed by atoms with Gasteiger partial charge in [-0.25, -0.2) is 0 Å². The van der Waals surface area contributed by atoms with E-state index in [-0.39, 0.29) is 11.9 Å². The van der Waals surface area contributed by atoms with Gasteiger partial charge in [0.05, 0.1) is 17.7 Å². The van der Waals surface area contributed by atoms with Crippen molar-refractivity contribution in [3.8, 4) is 11.5 Å². The van der Waals surface area contributed by atoms with Crippen molar-refractivity contribution in [1.82, 2.24) is 5.32 Å². The van der Waals surface area contributed by atoms with Crippen molar-refractivity contribution in [3.63, 3.8) is 0 Å². The maximum Gasteiger partial charge on any atom is 0.256 e. The van der Waals surface area contributed by atoms with Gasteiger partial charge in [-0.1, -0.05) is 48.0 Å². The highest BCUT2D eigenvalue weighted by Crippen LogP contribution is 2.35. The number of benzene rings is 3. The lowest BCUT2D eigenvalue weighted by Gasteiger charge is -2.16. The Bertz CT molecular complexity index is 1210. The van der Waals surface area contributed by atoms with Crippen molar-refractivity contribution in [1.29, 1.82) is 0 Å². The lowest BCUT2D eigenvalue weighted by atomic mass is 10.0. The zero-order valence-electron chi connectivity index (χ0n) is 18.7. The Hall–Kier alpha value is -3.61. The molecule has 0 aliphatic carbocycles.